The van der Waals surface area contributed by atoms with E-state index in [1.54, 1.807) is 12.1 Å². The van der Waals surface area contributed by atoms with Crippen molar-refractivity contribution in [1.82, 2.24) is 0 Å². The zero-order valence-corrected chi connectivity index (χ0v) is 11.3. The maximum absolute atomic E-state index is 11.0. The van der Waals surface area contributed by atoms with Crippen LogP contribution in [0.25, 0.3) is 0 Å². The Morgan fingerprint density at radius 3 is 2.59 bits per heavy atom. The number of nitro groups is 1. The number of rotatable bonds is 1. The van der Waals surface area contributed by atoms with Crippen LogP contribution in [0.2, 0.25) is 0 Å². The third kappa shape index (κ3) is 2.30. The van der Waals surface area contributed by atoms with Gasteiger partial charge in [-0.3, -0.25) is 10.1 Å². The van der Waals surface area contributed by atoms with Crippen LogP contribution in [-0.4, -0.2) is 11.0 Å². The summed E-state index contributed by atoms with van der Waals surface area (Å²) in [6.45, 7) is 0. The van der Waals surface area contributed by atoms with Gasteiger partial charge < -0.3 is 11.5 Å². The lowest BCUT2D eigenvalue weighted by Gasteiger charge is -2.36. The van der Waals surface area contributed by atoms with Gasteiger partial charge in [0, 0.05) is 16.2 Å². The normalized spacial score (nSPS) is 25.6. The monoisotopic (exact) mass is 321 g/mol. The van der Waals surface area contributed by atoms with Gasteiger partial charge in [-0.15, -0.1) is 12.4 Å². The molecule has 2 unspecified atom stereocenters. The summed E-state index contributed by atoms with van der Waals surface area (Å²) in [5, 5.41) is 11.0. The van der Waals surface area contributed by atoms with Gasteiger partial charge in [-0.2, -0.15) is 0 Å². The molecule has 2 rings (SSSR count). The molecule has 7 heteroatoms. The van der Waals surface area contributed by atoms with E-state index in [2.05, 4.69) is 15.9 Å². The van der Waals surface area contributed by atoms with Gasteiger partial charge >= 0.3 is 0 Å². The summed E-state index contributed by atoms with van der Waals surface area (Å²) >= 11 is 3.43. The van der Waals surface area contributed by atoms with Crippen LogP contribution in [0.15, 0.2) is 24.3 Å². The van der Waals surface area contributed by atoms with Crippen molar-refractivity contribution in [3.8, 4) is 0 Å². The van der Waals surface area contributed by atoms with Gasteiger partial charge in [0.05, 0.1) is 0 Å². The Morgan fingerprint density at radius 2 is 2.00 bits per heavy atom. The fourth-order valence-electron chi connectivity index (χ4n) is 2.12. The number of fused-ring (bicyclic) bond motifs is 1. The second-order valence-electron chi connectivity index (χ2n) is 4.02. The molecular formula is C10H13BrClN3O2. The summed E-state index contributed by atoms with van der Waals surface area (Å²) in [7, 11) is 0. The Balaban J connectivity index is 0.00000144. The number of alkyl halides is 1. The highest BCUT2D eigenvalue weighted by atomic mass is 79.9. The maximum Gasteiger partial charge on any atom is 0.249 e. The average Bonchev–Trinajstić information content (AvgIpc) is 2.23. The topological polar surface area (TPSA) is 95.2 Å². The Kier molecular flexibility index (Phi) is 4.14. The van der Waals surface area contributed by atoms with Gasteiger partial charge in [0.25, 0.3) is 0 Å². The van der Waals surface area contributed by atoms with Gasteiger partial charge in [0.1, 0.15) is 0 Å². The fourth-order valence-corrected chi connectivity index (χ4v) is 2.88. The maximum atomic E-state index is 11.0. The molecule has 1 aliphatic carbocycles. The van der Waals surface area contributed by atoms with E-state index in [1.165, 1.54) is 0 Å². The van der Waals surface area contributed by atoms with Crippen LogP contribution < -0.4 is 11.5 Å². The highest BCUT2D eigenvalue weighted by Crippen LogP contribution is 2.41. The van der Waals surface area contributed by atoms with Crippen molar-refractivity contribution in [3.05, 3.63) is 45.5 Å². The third-order valence-corrected chi connectivity index (χ3v) is 3.87. The lowest BCUT2D eigenvalue weighted by molar-refractivity contribution is -0.537. The van der Waals surface area contributed by atoms with Crippen molar-refractivity contribution in [2.75, 3.05) is 0 Å². The van der Waals surface area contributed by atoms with Crippen LogP contribution in [0.3, 0.4) is 0 Å². The van der Waals surface area contributed by atoms with E-state index in [4.69, 9.17) is 11.5 Å². The zero-order valence-electron chi connectivity index (χ0n) is 8.88. The number of hydrogen-bond donors (Lipinski definition) is 2. The van der Waals surface area contributed by atoms with E-state index in [1.807, 2.05) is 12.1 Å². The molecule has 2 atom stereocenters. The van der Waals surface area contributed by atoms with Crippen molar-refractivity contribution in [2.24, 2.45) is 11.5 Å². The average molecular weight is 323 g/mol. The minimum absolute atomic E-state index is 0. The molecule has 4 N–H and O–H groups in total. The molecule has 0 radical (unpaired) electrons. The van der Waals surface area contributed by atoms with E-state index in [0.717, 1.165) is 5.56 Å². The summed E-state index contributed by atoms with van der Waals surface area (Å²) in [6, 6.07) is 6.33. The van der Waals surface area contributed by atoms with Crippen molar-refractivity contribution in [1.29, 1.82) is 0 Å². The van der Waals surface area contributed by atoms with Crippen LogP contribution in [-0.2, 0) is 5.66 Å². The molecule has 0 amide bonds. The van der Waals surface area contributed by atoms with Crippen molar-refractivity contribution in [3.63, 3.8) is 0 Å². The van der Waals surface area contributed by atoms with Gasteiger partial charge in [0.2, 0.25) is 6.04 Å². The van der Waals surface area contributed by atoms with Gasteiger partial charge in [-0.25, -0.2) is 0 Å². The first-order valence-electron chi connectivity index (χ1n) is 4.89. The van der Waals surface area contributed by atoms with Crippen LogP contribution in [0.1, 0.15) is 22.4 Å². The Labute approximate surface area is 113 Å². The number of nitrogens with two attached hydrogens (primary N) is 2. The lowest BCUT2D eigenvalue weighted by Crippen LogP contribution is -2.61. The Bertz CT molecular complexity index is 441. The summed E-state index contributed by atoms with van der Waals surface area (Å²) in [6.07, 6.45) is 0.303. The molecule has 0 saturated carbocycles. The van der Waals surface area contributed by atoms with E-state index < -0.39 is 16.6 Å². The standard InChI is InChI=1S/C10H12BrN3O2.ClH/c11-8-5-9(14(15)16)10(12,13)7-4-2-1-3-6(7)8;/h1-4,8-9H,5,12-13H2;1H. The van der Waals surface area contributed by atoms with E-state index in [-0.39, 0.29) is 17.2 Å². The molecule has 5 nitrogen and oxygen atoms in total. The highest BCUT2D eigenvalue weighted by molar-refractivity contribution is 9.09. The molecule has 0 bridgehead atoms. The van der Waals surface area contributed by atoms with Gasteiger partial charge in [0.15, 0.2) is 5.66 Å². The predicted molar refractivity (Wildman–Crippen MR) is 70.8 cm³/mol. The quantitative estimate of drug-likeness (QED) is 0.356. The number of nitrogens with zero attached hydrogens (tertiary/aromatic N) is 1. The molecule has 0 spiro atoms. The van der Waals surface area contributed by atoms with Crippen molar-refractivity contribution in [2.45, 2.75) is 23.0 Å². The SMILES string of the molecule is Cl.NC1(N)c2ccccc2C(Br)CC1[N+](=O)[O-]. The summed E-state index contributed by atoms with van der Waals surface area (Å²) in [5.41, 5.74) is 12.0. The molecule has 1 aromatic carbocycles. The largest absolute Gasteiger partial charge is 0.304 e. The number of halogens is 2. The first kappa shape index (κ1) is 14.4. The van der Waals surface area contributed by atoms with Crippen LogP contribution in [0.4, 0.5) is 0 Å². The first-order chi connectivity index (χ1) is 7.44. The molecule has 0 aliphatic heterocycles. The Morgan fingerprint density at radius 1 is 1.41 bits per heavy atom. The summed E-state index contributed by atoms with van der Waals surface area (Å²) in [5.74, 6) is 0. The van der Waals surface area contributed by atoms with Crippen molar-refractivity contribution >= 4 is 28.3 Å². The molecule has 0 aromatic heterocycles. The van der Waals surface area contributed by atoms with E-state index in [9.17, 15) is 10.1 Å². The first-order valence-corrected chi connectivity index (χ1v) is 5.81. The summed E-state index contributed by atoms with van der Waals surface area (Å²) < 4.78 is 0. The molecule has 0 fully saturated rings. The van der Waals surface area contributed by atoms with E-state index in [0.29, 0.717) is 12.0 Å². The lowest BCUT2D eigenvalue weighted by atomic mass is 9.80. The second kappa shape index (κ2) is 4.89. The number of hydrogen-bond acceptors (Lipinski definition) is 4. The molecular weight excluding hydrogens is 309 g/mol. The van der Waals surface area contributed by atoms with Crippen LogP contribution in [0.5, 0.6) is 0 Å². The molecule has 0 heterocycles. The Hall–Kier alpha value is -0.690. The second-order valence-corrected chi connectivity index (χ2v) is 5.13. The smallest absolute Gasteiger partial charge is 0.249 e. The third-order valence-electron chi connectivity index (χ3n) is 3.00. The van der Waals surface area contributed by atoms with Crippen molar-refractivity contribution < 1.29 is 4.92 Å². The van der Waals surface area contributed by atoms with Gasteiger partial charge in [-0.1, -0.05) is 40.2 Å². The predicted octanol–water partition coefficient (Wildman–Crippen LogP) is 1.66. The molecule has 0 saturated heterocycles. The van der Waals surface area contributed by atoms with Crippen LogP contribution in [0, 0.1) is 10.1 Å². The molecule has 1 aliphatic rings. The molecule has 94 valence electrons. The zero-order chi connectivity index (χ0) is 11.9. The highest BCUT2D eigenvalue weighted by Gasteiger charge is 2.48. The molecule has 17 heavy (non-hydrogen) atoms. The number of benzene rings is 1. The minimum Gasteiger partial charge on any atom is -0.304 e. The van der Waals surface area contributed by atoms with Crippen LogP contribution >= 0.6 is 28.3 Å². The van der Waals surface area contributed by atoms with Gasteiger partial charge in [-0.05, 0) is 11.1 Å². The minimum atomic E-state index is -1.40. The van der Waals surface area contributed by atoms with E-state index >= 15 is 0 Å². The summed E-state index contributed by atoms with van der Waals surface area (Å²) in [4.78, 5) is 10.5. The molecule has 1 aromatic rings. The fraction of sp³-hybridized carbons (Fsp3) is 0.400.